The monoisotopic (exact) mass is 376 g/mol. The van der Waals surface area contributed by atoms with E-state index in [1.165, 1.54) is 6.42 Å². The molecule has 2 aliphatic rings. The molecule has 1 saturated heterocycles. The van der Waals surface area contributed by atoms with E-state index in [1.807, 2.05) is 24.3 Å². The average Bonchev–Trinajstić information content (AvgIpc) is 2.67. The molecule has 1 N–H and O–H groups in total. The summed E-state index contributed by atoms with van der Waals surface area (Å²) in [5.74, 6) is 0.632. The van der Waals surface area contributed by atoms with Crippen molar-refractivity contribution in [3.8, 4) is 0 Å². The van der Waals surface area contributed by atoms with E-state index in [9.17, 15) is 5.11 Å². The second-order valence-corrected chi connectivity index (χ2v) is 6.37. The molecule has 0 amide bonds. The van der Waals surface area contributed by atoms with Crippen molar-refractivity contribution in [1.29, 1.82) is 0 Å². The van der Waals surface area contributed by atoms with E-state index in [1.54, 1.807) is 11.8 Å². The topological polar surface area (TPSA) is 35.8 Å². The van der Waals surface area contributed by atoms with Crippen LogP contribution in [0.3, 0.4) is 0 Å². The normalized spacial score (nSPS) is 28.7. The number of thioether (sulfide) groups is 1. The van der Waals surface area contributed by atoms with Crippen molar-refractivity contribution in [1.82, 2.24) is 4.90 Å². The van der Waals surface area contributed by atoms with Crippen LogP contribution in [0.25, 0.3) is 0 Å². The first-order valence-corrected chi connectivity index (χ1v) is 8.00. The van der Waals surface area contributed by atoms with Crippen LogP contribution in [-0.4, -0.2) is 34.0 Å². The van der Waals surface area contributed by atoms with Crippen molar-refractivity contribution in [2.75, 3.05) is 18.8 Å². The Kier molecular flexibility index (Phi) is 5.40. The Morgan fingerprint density at radius 2 is 1.95 bits per heavy atom. The van der Waals surface area contributed by atoms with Crippen molar-refractivity contribution in [2.45, 2.75) is 25.0 Å². The van der Waals surface area contributed by atoms with Gasteiger partial charge in [-0.25, -0.2) is 0 Å². The van der Waals surface area contributed by atoms with Crippen LogP contribution in [0.5, 0.6) is 0 Å². The first kappa shape index (κ1) is 16.1. The van der Waals surface area contributed by atoms with E-state index < -0.39 is 5.72 Å². The number of rotatable bonds is 1. The SMILES string of the molecule is Br.OC1(c2ccc(Cl)cc2)CS/C2=N/CCCCCN21. The van der Waals surface area contributed by atoms with Crippen molar-refractivity contribution in [2.24, 2.45) is 4.99 Å². The molecule has 2 aliphatic heterocycles. The molecule has 1 aromatic rings. The van der Waals surface area contributed by atoms with Crippen LogP contribution in [0, 0.1) is 0 Å². The van der Waals surface area contributed by atoms with Crippen molar-refractivity contribution < 1.29 is 5.11 Å². The van der Waals surface area contributed by atoms with Crippen LogP contribution in [0.15, 0.2) is 29.3 Å². The number of nitrogens with zero attached hydrogens (tertiary/aromatic N) is 2. The molecule has 110 valence electrons. The van der Waals surface area contributed by atoms with Gasteiger partial charge >= 0.3 is 0 Å². The molecule has 1 unspecified atom stereocenters. The van der Waals surface area contributed by atoms with Gasteiger partial charge in [-0.15, -0.1) is 17.0 Å². The highest BCUT2D eigenvalue weighted by molar-refractivity contribution is 8.93. The first-order valence-electron chi connectivity index (χ1n) is 6.63. The smallest absolute Gasteiger partial charge is 0.175 e. The van der Waals surface area contributed by atoms with E-state index in [0.29, 0.717) is 10.8 Å². The molecule has 0 radical (unpaired) electrons. The predicted molar refractivity (Wildman–Crippen MR) is 91.0 cm³/mol. The van der Waals surface area contributed by atoms with E-state index in [-0.39, 0.29) is 17.0 Å². The summed E-state index contributed by atoms with van der Waals surface area (Å²) in [4.78, 5) is 6.66. The predicted octanol–water partition coefficient (Wildman–Crippen LogP) is 3.65. The highest BCUT2D eigenvalue weighted by atomic mass is 79.9. The lowest BCUT2D eigenvalue weighted by Gasteiger charge is -2.35. The highest BCUT2D eigenvalue weighted by Crippen LogP contribution is 2.40. The van der Waals surface area contributed by atoms with Crippen LogP contribution in [0.4, 0.5) is 0 Å². The first-order chi connectivity index (χ1) is 9.20. The minimum Gasteiger partial charge on any atom is -0.366 e. The van der Waals surface area contributed by atoms with Crippen LogP contribution < -0.4 is 0 Å². The van der Waals surface area contributed by atoms with Gasteiger partial charge in [-0.1, -0.05) is 35.5 Å². The molecule has 1 fully saturated rings. The summed E-state index contributed by atoms with van der Waals surface area (Å²) in [6.07, 6.45) is 3.43. The molecule has 3 nitrogen and oxygen atoms in total. The van der Waals surface area contributed by atoms with Crippen LogP contribution in [0.2, 0.25) is 5.02 Å². The van der Waals surface area contributed by atoms with Gasteiger partial charge in [-0.2, -0.15) is 0 Å². The van der Waals surface area contributed by atoms with Gasteiger partial charge in [0.05, 0.1) is 5.75 Å². The minimum absolute atomic E-state index is 0. The third-order valence-electron chi connectivity index (χ3n) is 3.67. The molecule has 6 heteroatoms. The molecule has 1 aromatic carbocycles. The van der Waals surface area contributed by atoms with Crippen LogP contribution in [-0.2, 0) is 5.72 Å². The molecular weight excluding hydrogens is 360 g/mol. The standard InChI is InChI=1S/C14H17ClN2OS.BrH/c15-12-6-4-11(5-7-12)14(18)10-19-13-16-8-2-1-3-9-17(13)14;/h4-7,18H,1-3,8-10H2;1H/b16-13+;. The lowest BCUT2D eigenvalue weighted by Crippen LogP contribution is -2.45. The molecule has 1 atom stereocenters. The van der Waals surface area contributed by atoms with Crippen molar-refractivity contribution >= 4 is 45.5 Å². The van der Waals surface area contributed by atoms with Gasteiger partial charge in [0.15, 0.2) is 10.9 Å². The second-order valence-electron chi connectivity index (χ2n) is 4.99. The minimum atomic E-state index is -0.939. The highest BCUT2D eigenvalue weighted by Gasteiger charge is 2.44. The Labute approximate surface area is 139 Å². The molecule has 20 heavy (non-hydrogen) atoms. The van der Waals surface area contributed by atoms with Crippen molar-refractivity contribution in [3.05, 3.63) is 34.9 Å². The Balaban J connectivity index is 0.00000147. The van der Waals surface area contributed by atoms with Gasteiger partial charge in [-0.05, 0) is 31.4 Å². The van der Waals surface area contributed by atoms with Gasteiger partial charge in [0.25, 0.3) is 0 Å². The van der Waals surface area contributed by atoms with E-state index in [0.717, 1.165) is 36.7 Å². The number of hydrogen-bond donors (Lipinski definition) is 1. The fraction of sp³-hybridized carbons (Fsp3) is 0.500. The van der Waals surface area contributed by atoms with E-state index >= 15 is 0 Å². The maximum Gasteiger partial charge on any atom is 0.175 e. The van der Waals surface area contributed by atoms with Crippen molar-refractivity contribution in [3.63, 3.8) is 0 Å². The fourth-order valence-corrected chi connectivity index (χ4v) is 3.94. The lowest BCUT2D eigenvalue weighted by molar-refractivity contribution is -0.0488. The molecule has 0 aromatic heterocycles. The zero-order valence-corrected chi connectivity index (χ0v) is 14.4. The van der Waals surface area contributed by atoms with Gasteiger partial charge in [0.2, 0.25) is 0 Å². The third kappa shape index (κ3) is 3.01. The maximum atomic E-state index is 11.0. The number of aliphatic hydroxyl groups is 1. The third-order valence-corrected chi connectivity index (χ3v) is 5.08. The molecule has 0 spiro atoms. The van der Waals surface area contributed by atoms with Gasteiger partial charge < -0.3 is 10.0 Å². The average molecular weight is 378 g/mol. The molecular formula is C14H18BrClN2OS. The van der Waals surface area contributed by atoms with Crippen LogP contribution in [0.1, 0.15) is 24.8 Å². The van der Waals surface area contributed by atoms with E-state index in [4.69, 9.17) is 11.6 Å². The quantitative estimate of drug-likeness (QED) is 0.811. The van der Waals surface area contributed by atoms with Crippen LogP contribution >= 0.6 is 40.3 Å². The summed E-state index contributed by atoms with van der Waals surface area (Å²) in [7, 11) is 0. The summed E-state index contributed by atoms with van der Waals surface area (Å²) in [5.41, 5.74) is -0.0407. The number of aliphatic imine (C=N–C) groups is 1. The lowest BCUT2D eigenvalue weighted by atomic mass is 10.0. The summed E-state index contributed by atoms with van der Waals surface area (Å²) in [6, 6.07) is 7.48. The molecule has 2 heterocycles. The number of hydrogen-bond acceptors (Lipinski definition) is 4. The molecule has 0 bridgehead atoms. The summed E-state index contributed by atoms with van der Waals surface area (Å²) in [5, 5.41) is 12.7. The Morgan fingerprint density at radius 1 is 1.20 bits per heavy atom. The Bertz CT molecular complexity index is 496. The second kappa shape index (κ2) is 6.69. The summed E-state index contributed by atoms with van der Waals surface area (Å²) < 4.78 is 0. The zero-order valence-electron chi connectivity index (χ0n) is 11.1. The summed E-state index contributed by atoms with van der Waals surface area (Å²) >= 11 is 7.57. The largest absolute Gasteiger partial charge is 0.366 e. The van der Waals surface area contributed by atoms with Gasteiger partial charge in [0, 0.05) is 23.7 Å². The van der Waals surface area contributed by atoms with Gasteiger partial charge in [0.1, 0.15) is 0 Å². The number of halogens is 2. The number of fused-ring (bicyclic) bond motifs is 1. The number of amidine groups is 1. The fourth-order valence-electron chi connectivity index (χ4n) is 2.58. The Hall–Kier alpha value is -0.230. The molecule has 0 saturated carbocycles. The number of benzene rings is 1. The Morgan fingerprint density at radius 3 is 2.70 bits per heavy atom. The van der Waals surface area contributed by atoms with E-state index in [2.05, 4.69) is 9.89 Å². The molecule has 3 rings (SSSR count). The molecule has 0 aliphatic carbocycles. The maximum absolute atomic E-state index is 11.0. The summed E-state index contributed by atoms with van der Waals surface area (Å²) in [6.45, 7) is 1.74. The zero-order chi connectivity index (χ0) is 13.3. The van der Waals surface area contributed by atoms with Gasteiger partial charge in [-0.3, -0.25) is 4.99 Å².